The minimum Gasteiger partial charge on any atom is -0.343 e. The fraction of sp³-hybridized carbons (Fsp3) is 0.571. The number of hydrogen-bond acceptors (Lipinski definition) is 5. The van der Waals surface area contributed by atoms with Gasteiger partial charge in [0.05, 0.1) is 6.04 Å². The summed E-state index contributed by atoms with van der Waals surface area (Å²) in [5, 5.41) is 11.3. The lowest BCUT2D eigenvalue weighted by atomic mass is 9.87. The Bertz CT molecular complexity index is 814. The summed E-state index contributed by atoms with van der Waals surface area (Å²) in [6, 6.07) is 7.82. The number of β-lactam (4-membered cyclic amide) rings is 1. The van der Waals surface area contributed by atoms with Crippen molar-refractivity contribution in [1.29, 1.82) is 0 Å². The van der Waals surface area contributed by atoms with E-state index in [1.54, 1.807) is 0 Å². The molecular weight excluding hydrogens is 368 g/mol. The summed E-state index contributed by atoms with van der Waals surface area (Å²) >= 11 is 0. The van der Waals surface area contributed by atoms with Gasteiger partial charge in [-0.3, -0.25) is 9.59 Å². The van der Waals surface area contributed by atoms with Crippen molar-refractivity contribution in [3.8, 4) is 0 Å². The van der Waals surface area contributed by atoms with Gasteiger partial charge >= 0.3 is 0 Å². The summed E-state index contributed by atoms with van der Waals surface area (Å²) in [5.74, 6) is 0.577. The fourth-order valence-electron chi connectivity index (χ4n) is 3.91. The van der Waals surface area contributed by atoms with E-state index in [9.17, 15) is 9.59 Å². The second-order valence-electron chi connectivity index (χ2n) is 7.70. The van der Waals surface area contributed by atoms with Crippen LogP contribution in [-0.4, -0.2) is 61.5 Å². The van der Waals surface area contributed by atoms with Crippen LogP contribution in [-0.2, 0) is 9.59 Å². The topological polar surface area (TPSA) is 84.2 Å². The van der Waals surface area contributed by atoms with Gasteiger partial charge in [-0.2, -0.15) is 0 Å². The van der Waals surface area contributed by atoms with Crippen molar-refractivity contribution < 1.29 is 9.59 Å². The van der Waals surface area contributed by atoms with Gasteiger partial charge in [-0.25, -0.2) is 4.68 Å². The van der Waals surface area contributed by atoms with Crippen molar-refractivity contribution >= 4 is 11.8 Å². The molecule has 2 amide bonds. The van der Waals surface area contributed by atoms with Gasteiger partial charge in [0.1, 0.15) is 6.33 Å². The van der Waals surface area contributed by atoms with E-state index >= 15 is 0 Å². The Hall–Kier alpha value is -2.77. The number of hydrogen-bond donors (Lipinski definition) is 0. The zero-order valence-electron chi connectivity index (χ0n) is 17.7. The third kappa shape index (κ3) is 4.31. The number of benzene rings is 1. The molecule has 8 heteroatoms. The molecule has 1 aliphatic heterocycles. The molecule has 29 heavy (non-hydrogen) atoms. The highest BCUT2D eigenvalue weighted by Crippen LogP contribution is 2.43. The van der Waals surface area contributed by atoms with Crippen molar-refractivity contribution in [2.45, 2.75) is 58.5 Å². The average Bonchev–Trinajstić information content (AvgIpc) is 3.24. The van der Waals surface area contributed by atoms with Gasteiger partial charge in [-0.05, 0) is 47.7 Å². The van der Waals surface area contributed by atoms with Gasteiger partial charge in [-0.15, -0.1) is 5.10 Å². The first-order chi connectivity index (χ1) is 14.0. The van der Waals surface area contributed by atoms with Crippen LogP contribution >= 0.6 is 0 Å². The molecule has 156 valence electrons. The largest absolute Gasteiger partial charge is 0.343 e. The highest BCUT2D eigenvalue weighted by atomic mass is 16.2. The normalized spacial score (nSPS) is 18.8. The fourth-order valence-corrected chi connectivity index (χ4v) is 3.91. The van der Waals surface area contributed by atoms with Crippen molar-refractivity contribution in [3.05, 3.63) is 41.7 Å². The van der Waals surface area contributed by atoms with Crippen LogP contribution < -0.4 is 0 Å². The SMILES string of the molecule is CCN(CC)C(=O)CCCN1C(=O)[C@@H](n2cnnn2)[C@@H]1c1ccc(C(C)C)cc1. The van der Waals surface area contributed by atoms with E-state index in [0.29, 0.717) is 38.4 Å². The molecule has 2 heterocycles. The second kappa shape index (κ2) is 9.15. The molecule has 0 saturated carbocycles. The zero-order valence-corrected chi connectivity index (χ0v) is 17.7. The van der Waals surface area contributed by atoms with E-state index in [4.69, 9.17) is 0 Å². The molecule has 8 nitrogen and oxygen atoms in total. The number of nitrogens with zero attached hydrogens (tertiary/aromatic N) is 6. The van der Waals surface area contributed by atoms with Crippen molar-refractivity contribution in [3.63, 3.8) is 0 Å². The molecule has 1 aliphatic rings. The molecule has 0 N–H and O–H groups in total. The maximum Gasteiger partial charge on any atom is 0.250 e. The summed E-state index contributed by atoms with van der Waals surface area (Å²) in [7, 11) is 0. The first-order valence-electron chi connectivity index (χ1n) is 10.4. The van der Waals surface area contributed by atoms with Crippen LogP contribution in [0.2, 0.25) is 0 Å². The summed E-state index contributed by atoms with van der Waals surface area (Å²) < 4.78 is 1.53. The van der Waals surface area contributed by atoms with Crippen LogP contribution in [0.1, 0.15) is 69.7 Å². The third-order valence-electron chi connectivity index (χ3n) is 5.67. The highest BCUT2D eigenvalue weighted by Gasteiger charge is 2.49. The maximum absolute atomic E-state index is 12.9. The van der Waals surface area contributed by atoms with Crippen LogP contribution in [0.15, 0.2) is 30.6 Å². The number of likely N-dealkylation sites (tertiary alicyclic amines) is 1. The number of amides is 2. The molecule has 0 spiro atoms. The maximum atomic E-state index is 12.9. The molecule has 2 atom stereocenters. The van der Waals surface area contributed by atoms with Crippen LogP contribution in [0.4, 0.5) is 0 Å². The molecule has 1 saturated heterocycles. The first kappa shape index (κ1) is 21.0. The van der Waals surface area contributed by atoms with Crippen molar-refractivity contribution in [2.24, 2.45) is 0 Å². The number of carbonyl (C=O) groups excluding carboxylic acids is 2. The van der Waals surface area contributed by atoms with E-state index in [2.05, 4.69) is 53.6 Å². The van der Waals surface area contributed by atoms with Crippen LogP contribution in [0.25, 0.3) is 0 Å². The van der Waals surface area contributed by atoms with E-state index in [1.165, 1.54) is 16.6 Å². The summed E-state index contributed by atoms with van der Waals surface area (Å²) in [4.78, 5) is 28.8. The van der Waals surface area contributed by atoms with E-state index < -0.39 is 6.04 Å². The van der Waals surface area contributed by atoms with Gasteiger partial charge in [0, 0.05) is 26.1 Å². The monoisotopic (exact) mass is 398 g/mol. The Morgan fingerprint density at radius 3 is 2.38 bits per heavy atom. The van der Waals surface area contributed by atoms with Crippen molar-refractivity contribution in [1.82, 2.24) is 30.0 Å². The molecule has 0 bridgehead atoms. The molecule has 2 aromatic rings. The number of rotatable bonds is 9. The summed E-state index contributed by atoms with van der Waals surface area (Å²) in [6.07, 6.45) is 2.57. The van der Waals surface area contributed by atoms with Gasteiger partial charge in [-0.1, -0.05) is 38.1 Å². The lowest BCUT2D eigenvalue weighted by molar-refractivity contribution is -0.156. The Morgan fingerprint density at radius 1 is 1.14 bits per heavy atom. The standard InChI is InChI=1S/C21H30N6O2/c1-5-25(6-2)18(28)8-7-13-26-19(17-11-9-16(10-12-17)15(3)4)20(21(26)29)27-14-22-23-24-27/h9-12,14-15,19-20H,5-8,13H2,1-4H3/t19-,20-/m0/s1. The van der Waals surface area contributed by atoms with Crippen LogP contribution in [0.3, 0.4) is 0 Å². The lowest BCUT2D eigenvalue weighted by Crippen LogP contribution is -2.56. The predicted octanol–water partition coefficient (Wildman–Crippen LogP) is 2.57. The third-order valence-corrected chi connectivity index (χ3v) is 5.67. The van der Waals surface area contributed by atoms with Crippen molar-refractivity contribution in [2.75, 3.05) is 19.6 Å². The van der Waals surface area contributed by atoms with Gasteiger partial charge in [0.15, 0.2) is 6.04 Å². The second-order valence-corrected chi connectivity index (χ2v) is 7.70. The molecule has 1 aromatic carbocycles. The van der Waals surface area contributed by atoms with E-state index in [0.717, 1.165) is 5.56 Å². The lowest BCUT2D eigenvalue weighted by Gasteiger charge is -2.47. The number of aromatic nitrogens is 4. The minimum atomic E-state index is -0.437. The Labute approximate surface area is 171 Å². The molecule has 1 aromatic heterocycles. The molecule has 0 radical (unpaired) electrons. The Kier molecular flexibility index (Phi) is 6.61. The number of carbonyl (C=O) groups is 2. The molecule has 3 rings (SSSR count). The zero-order chi connectivity index (χ0) is 21.0. The molecule has 0 unspecified atom stereocenters. The van der Waals surface area contributed by atoms with E-state index in [1.807, 2.05) is 23.6 Å². The average molecular weight is 399 g/mol. The number of tetrazole rings is 1. The van der Waals surface area contributed by atoms with Crippen LogP contribution in [0, 0.1) is 0 Å². The Balaban J connectivity index is 1.73. The predicted molar refractivity (Wildman–Crippen MR) is 109 cm³/mol. The molecular formula is C21H30N6O2. The van der Waals surface area contributed by atoms with E-state index in [-0.39, 0.29) is 17.9 Å². The smallest absolute Gasteiger partial charge is 0.250 e. The summed E-state index contributed by atoms with van der Waals surface area (Å²) in [6.45, 7) is 10.2. The van der Waals surface area contributed by atoms with Gasteiger partial charge in [0.2, 0.25) is 5.91 Å². The van der Waals surface area contributed by atoms with Gasteiger partial charge < -0.3 is 9.80 Å². The quantitative estimate of drug-likeness (QED) is 0.606. The first-order valence-corrected chi connectivity index (χ1v) is 10.4. The van der Waals surface area contributed by atoms with Crippen LogP contribution in [0.5, 0.6) is 0 Å². The highest BCUT2D eigenvalue weighted by molar-refractivity contribution is 5.88. The van der Waals surface area contributed by atoms with Gasteiger partial charge in [0.25, 0.3) is 5.91 Å². The minimum absolute atomic E-state index is 0.00877. The Morgan fingerprint density at radius 2 is 1.83 bits per heavy atom. The summed E-state index contributed by atoms with van der Waals surface area (Å²) in [5.41, 5.74) is 2.32. The molecule has 1 fully saturated rings. The molecule has 0 aliphatic carbocycles.